The molecule has 332 valence electrons. The van der Waals surface area contributed by atoms with Crippen LogP contribution in [0, 0.1) is 11.6 Å². The maximum absolute atomic E-state index is 13.2. The van der Waals surface area contributed by atoms with Crippen LogP contribution in [0.15, 0.2) is 85.2 Å². The maximum atomic E-state index is 13.2. The van der Waals surface area contributed by atoms with Crippen LogP contribution in [0.5, 0.6) is 11.5 Å². The van der Waals surface area contributed by atoms with Crippen molar-refractivity contribution in [2.24, 2.45) is 0 Å². The number of carbonyl (C=O) groups excluding carboxylic acids is 2. The first kappa shape index (κ1) is 48.5. The third-order valence-electron chi connectivity index (χ3n) is 10.9. The minimum absolute atomic E-state index is 0. The Hall–Kier alpha value is -5.19. The summed E-state index contributed by atoms with van der Waals surface area (Å²) in [6.45, 7) is 16.1. The Labute approximate surface area is 365 Å². The number of rotatable bonds is 8. The van der Waals surface area contributed by atoms with Crippen LogP contribution in [0.25, 0.3) is 0 Å². The molecule has 0 radical (unpaired) electrons. The quantitative estimate of drug-likeness (QED) is 0.109. The first-order valence-corrected chi connectivity index (χ1v) is 23.6. The molecule has 2 unspecified atom stereocenters. The Balaban J connectivity index is 0.000000242. The lowest BCUT2D eigenvalue weighted by Crippen LogP contribution is -2.49. The van der Waals surface area contributed by atoms with E-state index < -0.39 is 8.32 Å². The number of carbonyl (C=O) groups is 2. The number of nitrogens with zero attached hydrogens (tertiary/aromatic N) is 4. The lowest BCUT2D eigenvalue weighted by molar-refractivity contribution is 0.198. The number of anilines is 4. The summed E-state index contributed by atoms with van der Waals surface area (Å²) in [4.78, 5) is 37.1. The van der Waals surface area contributed by atoms with Gasteiger partial charge in [0.1, 0.15) is 34.8 Å². The second kappa shape index (κ2) is 23.1. The number of amides is 4. The number of hydrogen-bond acceptors (Lipinski definition) is 9. The number of hydrogen-bond donors (Lipinski definition) is 5. The molecule has 4 aromatic rings. The second-order valence-electron chi connectivity index (χ2n) is 16.7. The molecule has 3 aliphatic heterocycles. The fourth-order valence-corrected chi connectivity index (χ4v) is 7.59. The van der Waals surface area contributed by atoms with Crippen molar-refractivity contribution in [1.29, 1.82) is 0 Å². The molecule has 3 saturated heterocycles. The Morgan fingerprint density at radius 2 is 1.18 bits per heavy atom. The van der Waals surface area contributed by atoms with Crippen LogP contribution >= 0.6 is 12.4 Å². The molecule has 0 spiro atoms. The van der Waals surface area contributed by atoms with Crippen molar-refractivity contribution in [3.05, 3.63) is 96.8 Å². The topological polar surface area (TPSA) is 153 Å². The number of pyridine rings is 2. The molecule has 0 aliphatic carbocycles. The molecule has 2 aromatic heterocycles. The maximum Gasteiger partial charge on any atom is 0.320 e. The van der Waals surface area contributed by atoms with Crippen molar-refractivity contribution in [2.45, 2.75) is 89.5 Å². The molecule has 5 heterocycles. The van der Waals surface area contributed by atoms with E-state index in [0.717, 1.165) is 69.1 Å². The lowest BCUT2D eigenvalue weighted by Gasteiger charge is -2.36. The highest BCUT2D eigenvalue weighted by Crippen LogP contribution is 2.37. The van der Waals surface area contributed by atoms with E-state index in [1.165, 1.54) is 55.4 Å². The molecular formula is C44H61ClF2N8O5Si. The molecule has 0 bridgehead atoms. The highest BCUT2D eigenvalue weighted by Gasteiger charge is 2.39. The number of aromatic nitrogens is 2. The molecule has 5 N–H and O–H groups in total. The summed E-state index contributed by atoms with van der Waals surface area (Å²) in [6, 6.07) is 18.8. The number of halogens is 3. The Morgan fingerprint density at radius 1 is 0.721 bits per heavy atom. The van der Waals surface area contributed by atoms with Gasteiger partial charge in [0.25, 0.3) is 8.32 Å². The lowest BCUT2D eigenvalue weighted by atomic mass is 10.1. The Morgan fingerprint density at radius 3 is 1.56 bits per heavy atom. The minimum atomic E-state index is -1.93. The van der Waals surface area contributed by atoms with Gasteiger partial charge in [-0.3, -0.25) is 10.6 Å². The van der Waals surface area contributed by atoms with Crippen LogP contribution in [0.4, 0.5) is 41.4 Å². The van der Waals surface area contributed by atoms with E-state index in [-0.39, 0.29) is 59.0 Å². The van der Waals surface area contributed by atoms with Crippen LogP contribution in [0.2, 0.25) is 18.1 Å². The zero-order valence-corrected chi connectivity index (χ0v) is 37.6. The minimum Gasteiger partial charge on any atom is -0.542 e. The molecule has 0 saturated carbocycles. The standard InChI is InChI=1S/C23H33FN4O2Si.C17H19FN4O2.C4H8O.ClH/c1-23(2,3)31(4,5)30-20-12-13-21(25-15-20)27-22(29)26-18-7-6-14-28(16-18)19-10-8-17(24)9-11-19;18-12-3-5-14(6-4-12)22-9-1-2-13(11-22)20-17(24)21-16-8-7-15(23)10-19-16;1-2-4-5-3-1;/h8-13,15,18H,6-7,14,16H2,1-5H3,(H2,25,26,27,29);3-8,10,13,23H,1-2,9,11H2,(H2,19,20,21,24);1-4H2;1H. The zero-order chi connectivity index (χ0) is 43.1. The van der Waals surface area contributed by atoms with Gasteiger partial charge in [-0.25, -0.2) is 28.3 Å². The molecule has 2 aromatic carbocycles. The van der Waals surface area contributed by atoms with Crippen molar-refractivity contribution >= 4 is 55.8 Å². The van der Waals surface area contributed by atoms with Gasteiger partial charge in [0.2, 0.25) is 0 Å². The van der Waals surface area contributed by atoms with Crippen LogP contribution in [0.3, 0.4) is 0 Å². The zero-order valence-electron chi connectivity index (χ0n) is 35.8. The number of piperidine rings is 2. The molecule has 4 amide bonds. The van der Waals surface area contributed by atoms with Gasteiger partial charge in [-0.1, -0.05) is 20.8 Å². The molecule has 61 heavy (non-hydrogen) atoms. The first-order chi connectivity index (χ1) is 28.6. The number of ether oxygens (including phenoxy) is 1. The van der Waals surface area contributed by atoms with Crippen molar-refractivity contribution in [1.82, 2.24) is 20.6 Å². The van der Waals surface area contributed by atoms with E-state index in [2.05, 4.69) is 74.9 Å². The van der Waals surface area contributed by atoms with E-state index in [9.17, 15) is 23.5 Å². The van der Waals surface area contributed by atoms with E-state index in [1.807, 2.05) is 6.07 Å². The highest BCUT2D eigenvalue weighted by atomic mass is 35.5. The average Bonchev–Trinajstić information content (AvgIpc) is 3.81. The second-order valence-corrected chi connectivity index (χ2v) is 21.4. The van der Waals surface area contributed by atoms with Crippen molar-refractivity contribution in [2.75, 3.05) is 59.8 Å². The monoisotopic (exact) mass is 882 g/mol. The highest BCUT2D eigenvalue weighted by molar-refractivity contribution is 6.74. The number of aromatic hydroxyl groups is 1. The first-order valence-electron chi connectivity index (χ1n) is 20.7. The van der Waals surface area contributed by atoms with Crippen LogP contribution in [0.1, 0.15) is 59.3 Å². The van der Waals surface area contributed by atoms with E-state index in [1.54, 1.807) is 36.5 Å². The van der Waals surface area contributed by atoms with Crippen molar-refractivity contribution in [3.8, 4) is 11.5 Å². The van der Waals surface area contributed by atoms with Gasteiger partial charge in [0.15, 0.2) is 0 Å². The van der Waals surface area contributed by atoms with E-state index >= 15 is 0 Å². The number of benzene rings is 2. The van der Waals surface area contributed by atoms with E-state index in [4.69, 9.17) is 9.16 Å². The largest absolute Gasteiger partial charge is 0.542 e. The normalized spacial score (nSPS) is 17.6. The van der Waals surface area contributed by atoms with Gasteiger partial charge < -0.3 is 34.7 Å². The third-order valence-corrected chi connectivity index (χ3v) is 15.2. The summed E-state index contributed by atoms with van der Waals surface area (Å²) in [5.74, 6) is 1.11. The molecule has 17 heteroatoms. The predicted octanol–water partition coefficient (Wildman–Crippen LogP) is 9.33. The molecule has 2 atom stereocenters. The summed E-state index contributed by atoms with van der Waals surface area (Å²) in [5, 5.41) is 20.7. The predicted molar refractivity (Wildman–Crippen MR) is 243 cm³/mol. The number of nitrogens with one attached hydrogen (secondary N) is 4. The smallest absolute Gasteiger partial charge is 0.320 e. The summed E-state index contributed by atoms with van der Waals surface area (Å²) in [6.07, 6.45) is 9.17. The van der Waals surface area contributed by atoms with Gasteiger partial charge >= 0.3 is 12.1 Å². The SMILES string of the molecule is C1CCOC1.CC(C)(C)[Si](C)(C)Oc1ccc(NC(=O)NC2CCCN(c3ccc(F)cc3)C2)nc1.Cl.O=C(Nc1ccc(O)cn1)NC1CCCN(c2ccc(F)cc2)C1. The van der Waals surface area contributed by atoms with Gasteiger partial charge in [-0.2, -0.15) is 0 Å². The summed E-state index contributed by atoms with van der Waals surface area (Å²) in [5.41, 5.74) is 1.91. The van der Waals surface area contributed by atoms with E-state index in [0.29, 0.717) is 24.7 Å². The average molecular weight is 884 g/mol. The third kappa shape index (κ3) is 16.0. The van der Waals surface area contributed by atoms with Gasteiger partial charge in [-0.05, 0) is 129 Å². The van der Waals surface area contributed by atoms with Crippen LogP contribution in [-0.4, -0.2) is 86.9 Å². The molecule has 3 aliphatic rings. The Bertz CT molecular complexity index is 1930. The summed E-state index contributed by atoms with van der Waals surface area (Å²) < 4.78 is 37.4. The van der Waals surface area contributed by atoms with Crippen LogP contribution < -0.4 is 35.5 Å². The fourth-order valence-electron chi connectivity index (χ4n) is 6.57. The van der Waals surface area contributed by atoms with Gasteiger partial charge in [-0.15, -0.1) is 12.4 Å². The van der Waals surface area contributed by atoms with Gasteiger partial charge in [0, 0.05) is 62.9 Å². The van der Waals surface area contributed by atoms with Crippen molar-refractivity contribution < 1.29 is 32.6 Å². The molecule has 13 nitrogen and oxygen atoms in total. The molecular weight excluding hydrogens is 822 g/mol. The number of urea groups is 2. The summed E-state index contributed by atoms with van der Waals surface area (Å²) >= 11 is 0. The Kier molecular flexibility index (Phi) is 18.4. The van der Waals surface area contributed by atoms with Gasteiger partial charge in [0.05, 0.1) is 12.4 Å². The molecule has 3 fully saturated rings. The molecule has 7 rings (SSSR count). The summed E-state index contributed by atoms with van der Waals surface area (Å²) in [7, 11) is -1.93. The van der Waals surface area contributed by atoms with Crippen molar-refractivity contribution in [3.63, 3.8) is 0 Å². The fraction of sp³-hybridized carbons (Fsp3) is 0.455. The van der Waals surface area contributed by atoms with Crippen LogP contribution in [-0.2, 0) is 4.74 Å².